The summed E-state index contributed by atoms with van der Waals surface area (Å²) in [6.45, 7) is 8.65. The van der Waals surface area contributed by atoms with Crippen LogP contribution < -0.4 is 5.32 Å². The summed E-state index contributed by atoms with van der Waals surface area (Å²) in [5.41, 5.74) is 2.68. The summed E-state index contributed by atoms with van der Waals surface area (Å²) in [7, 11) is 2.11. The summed E-state index contributed by atoms with van der Waals surface area (Å²) in [6, 6.07) is 3.54. The molecule has 1 aromatic carbocycles. The third-order valence-electron chi connectivity index (χ3n) is 5.28. The first-order valence-electron chi connectivity index (χ1n) is 8.78. The number of aryl methyl sites for hydroxylation is 2. The van der Waals surface area contributed by atoms with E-state index in [2.05, 4.69) is 22.2 Å². The number of hydrogen-bond acceptors (Lipinski definition) is 4. The van der Waals surface area contributed by atoms with E-state index in [0.717, 1.165) is 43.0 Å². The molecule has 2 aliphatic rings. The number of aliphatic hydroxyl groups excluding tert-OH is 1. The molecule has 2 N–H and O–H groups in total. The number of aliphatic hydroxyl groups is 1. The SMILES string of the molecule is Cc1cc(Cl)cc(C)c1NC(=O)N1C[C@H](O)[C@@H](N2CCN(C)CC2)C1. The van der Waals surface area contributed by atoms with Crippen molar-refractivity contribution < 1.29 is 9.90 Å². The number of amides is 2. The van der Waals surface area contributed by atoms with Gasteiger partial charge in [0.2, 0.25) is 0 Å². The van der Waals surface area contributed by atoms with E-state index in [1.807, 2.05) is 26.0 Å². The monoisotopic (exact) mass is 366 g/mol. The normalized spacial score (nSPS) is 25.4. The van der Waals surface area contributed by atoms with Crippen molar-refractivity contribution >= 4 is 23.3 Å². The predicted molar refractivity (Wildman–Crippen MR) is 100 cm³/mol. The number of halogens is 1. The second-order valence-electron chi connectivity index (χ2n) is 7.22. The van der Waals surface area contributed by atoms with Gasteiger partial charge in [-0.15, -0.1) is 0 Å². The number of nitrogens with zero attached hydrogens (tertiary/aromatic N) is 3. The number of anilines is 1. The molecule has 7 heteroatoms. The van der Waals surface area contributed by atoms with E-state index < -0.39 is 6.10 Å². The number of likely N-dealkylation sites (tertiary alicyclic amines) is 1. The van der Waals surface area contributed by atoms with E-state index in [0.29, 0.717) is 18.1 Å². The van der Waals surface area contributed by atoms with Crippen molar-refractivity contribution in [3.8, 4) is 0 Å². The van der Waals surface area contributed by atoms with E-state index >= 15 is 0 Å². The van der Waals surface area contributed by atoms with E-state index in [4.69, 9.17) is 11.6 Å². The zero-order valence-corrected chi connectivity index (χ0v) is 15.9. The molecule has 2 heterocycles. The molecule has 0 saturated carbocycles. The number of nitrogens with one attached hydrogen (secondary N) is 1. The van der Waals surface area contributed by atoms with Gasteiger partial charge in [0.05, 0.1) is 18.7 Å². The largest absolute Gasteiger partial charge is 0.390 e. The molecular weight excluding hydrogens is 340 g/mol. The number of rotatable bonds is 2. The zero-order chi connectivity index (χ0) is 18.1. The fourth-order valence-corrected chi connectivity index (χ4v) is 4.07. The molecule has 2 atom stereocenters. The van der Waals surface area contributed by atoms with Crippen molar-refractivity contribution in [2.75, 3.05) is 51.6 Å². The number of likely N-dealkylation sites (N-methyl/N-ethyl adjacent to an activating group) is 1. The summed E-state index contributed by atoms with van der Waals surface area (Å²) in [5.74, 6) is 0. The quantitative estimate of drug-likeness (QED) is 0.837. The first-order chi connectivity index (χ1) is 11.8. The molecule has 0 unspecified atom stereocenters. The number of β-amino-alcohol motifs (C(OH)–C–C–N with tert-alkyl or cyclic N) is 1. The number of benzene rings is 1. The van der Waals surface area contributed by atoms with Crippen LogP contribution in [0, 0.1) is 13.8 Å². The van der Waals surface area contributed by atoms with Crippen molar-refractivity contribution in [3.05, 3.63) is 28.3 Å². The maximum absolute atomic E-state index is 12.7. The molecule has 3 rings (SSSR count). The summed E-state index contributed by atoms with van der Waals surface area (Å²) in [6.07, 6.45) is -0.499. The Hall–Kier alpha value is -1.34. The first kappa shape index (κ1) is 18.5. The van der Waals surface area contributed by atoms with Crippen molar-refractivity contribution in [3.63, 3.8) is 0 Å². The molecule has 0 bridgehead atoms. The minimum atomic E-state index is -0.499. The average Bonchev–Trinajstić information content (AvgIpc) is 2.93. The standard InChI is InChI=1S/C18H27ClN4O2/c1-12-8-14(19)9-13(2)17(12)20-18(25)23-10-15(16(24)11-23)22-6-4-21(3)5-7-22/h8-9,15-16,24H,4-7,10-11H2,1-3H3,(H,20,25)/t15-,16-/m0/s1. The number of piperazine rings is 1. The van der Waals surface area contributed by atoms with Crippen LogP contribution in [0.4, 0.5) is 10.5 Å². The Kier molecular flexibility index (Phi) is 5.53. The molecule has 2 amide bonds. The summed E-state index contributed by atoms with van der Waals surface area (Å²) < 4.78 is 0. The lowest BCUT2D eigenvalue weighted by molar-refractivity contribution is 0.0512. The maximum Gasteiger partial charge on any atom is 0.322 e. The molecule has 2 saturated heterocycles. The van der Waals surface area contributed by atoms with Crippen molar-refractivity contribution in [2.24, 2.45) is 0 Å². The van der Waals surface area contributed by atoms with Crippen LogP contribution in [-0.2, 0) is 0 Å². The molecule has 0 spiro atoms. The predicted octanol–water partition coefficient (Wildman–Crippen LogP) is 1.78. The summed E-state index contributed by atoms with van der Waals surface area (Å²) >= 11 is 6.06. The fourth-order valence-electron chi connectivity index (χ4n) is 3.74. The van der Waals surface area contributed by atoms with Crippen molar-refractivity contribution in [1.29, 1.82) is 0 Å². The highest BCUT2D eigenvalue weighted by Gasteiger charge is 2.38. The van der Waals surface area contributed by atoms with Gasteiger partial charge in [-0.05, 0) is 44.2 Å². The van der Waals surface area contributed by atoms with Gasteiger partial charge in [-0.25, -0.2) is 4.79 Å². The zero-order valence-electron chi connectivity index (χ0n) is 15.1. The van der Waals surface area contributed by atoms with Gasteiger partial charge in [0.25, 0.3) is 0 Å². The number of carbonyl (C=O) groups excluding carboxylic acids is 1. The van der Waals surface area contributed by atoms with Gasteiger partial charge in [-0.1, -0.05) is 11.6 Å². The van der Waals surface area contributed by atoms with E-state index in [1.165, 1.54) is 0 Å². The molecule has 2 fully saturated rings. The fraction of sp³-hybridized carbons (Fsp3) is 0.611. The topological polar surface area (TPSA) is 59.1 Å². The Balaban J connectivity index is 1.64. The van der Waals surface area contributed by atoms with Crippen LogP contribution in [0.1, 0.15) is 11.1 Å². The lowest BCUT2D eigenvalue weighted by Crippen LogP contribution is -2.52. The maximum atomic E-state index is 12.7. The Morgan fingerprint density at radius 3 is 2.36 bits per heavy atom. The average molecular weight is 367 g/mol. The van der Waals surface area contributed by atoms with Gasteiger partial charge in [0.15, 0.2) is 0 Å². The highest BCUT2D eigenvalue weighted by molar-refractivity contribution is 6.30. The van der Waals surface area contributed by atoms with Crippen LogP contribution in [0.5, 0.6) is 0 Å². The summed E-state index contributed by atoms with van der Waals surface area (Å²) in [4.78, 5) is 19.0. The van der Waals surface area contributed by atoms with Crippen LogP contribution in [0.2, 0.25) is 5.02 Å². The van der Waals surface area contributed by atoms with Gasteiger partial charge < -0.3 is 20.2 Å². The minimum absolute atomic E-state index is 0.0202. The van der Waals surface area contributed by atoms with Crippen LogP contribution in [0.15, 0.2) is 12.1 Å². The highest BCUT2D eigenvalue weighted by Crippen LogP contribution is 2.26. The number of hydrogen-bond donors (Lipinski definition) is 2. The van der Waals surface area contributed by atoms with Crippen LogP contribution in [0.3, 0.4) is 0 Å². The van der Waals surface area contributed by atoms with E-state index in [1.54, 1.807) is 4.90 Å². The Labute approximate surface area is 154 Å². The Morgan fingerprint density at radius 2 is 1.76 bits per heavy atom. The lowest BCUT2D eigenvalue weighted by atomic mass is 10.1. The molecular formula is C18H27ClN4O2. The van der Waals surface area contributed by atoms with Crippen molar-refractivity contribution in [1.82, 2.24) is 14.7 Å². The molecule has 138 valence electrons. The van der Waals surface area contributed by atoms with E-state index in [9.17, 15) is 9.90 Å². The second-order valence-corrected chi connectivity index (χ2v) is 7.66. The van der Waals surface area contributed by atoms with Gasteiger partial charge >= 0.3 is 6.03 Å². The molecule has 0 radical (unpaired) electrons. The summed E-state index contributed by atoms with van der Waals surface area (Å²) in [5, 5.41) is 14.1. The molecule has 1 aromatic rings. The lowest BCUT2D eigenvalue weighted by Gasteiger charge is -2.37. The van der Waals surface area contributed by atoms with Crippen LogP contribution >= 0.6 is 11.6 Å². The minimum Gasteiger partial charge on any atom is -0.390 e. The van der Waals surface area contributed by atoms with Crippen LogP contribution in [0.25, 0.3) is 0 Å². The van der Waals surface area contributed by atoms with E-state index in [-0.39, 0.29) is 12.1 Å². The number of urea groups is 1. The molecule has 25 heavy (non-hydrogen) atoms. The Morgan fingerprint density at radius 1 is 1.16 bits per heavy atom. The van der Waals surface area contributed by atoms with Gasteiger partial charge in [-0.2, -0.15) is 0 Å². The van der Waals surface area contributed by atoms with Gasteiger partial charge in [0.1, 0.15) is 0 Å². The molecule has 0 aromatic heterocycles. The second kappa shape index (κ2) is 7.50. The third kappa shape index (κ3) is 4.08. The van der Waals surface area contributed by atoms with Gasteiger partial charge in [-0.3, -0.25) is 4.90 Å². The number of carbonyl (C=O) groups is 1. The highest BCUT2D eigenvalue weighted by atomic mass is 35.5. The third-order valence-corrected chi connectivity index (χ3v) is 5.50. The Bertz CT molecular complexity index is 623. The molecule has 6 nitrogen and oxygen atoms in total. The molecule has 0 aliphatic carbocycles. The first-order valence-corrected chi connectivity index (χ1v) is 9.16. The molecule has 2 aliphatic heterocycles. The smallest absolute Gasteiger partial charge is 0.322 e. The van der Waals surface area contributed by atoms with Gasteiger partial charge in [0, 0.05) is 43.4 Å². The van der Waals surface area contributed by atoms with Crippen molar-refractivity contribution in [2.45, 2.75) is 26.0 Å². The van der Waals surface area contributed by atoms with Crippen LogP contribution in [-0.4, -0.2) is 84.3 Å².